The van der Waals surface area contributed by atoms with Crippen molar-refractivity contribution in [1.82, 2.24) is 0 Å². The first-order valence-corrected chi connectivity index (χ1v) is 6.99. The van der Waals surface area contributed by atoms with Gasteiger partial charge < -0.3 is 11.1 Å². The molecule has 3 heteroatoms. The molecule has 0 saturated heterocycles. The van der Waals surface area contributed by atoms with Crippen LogP contribution in [-0.2, 0) is 0 Å². The highest BCUT2D eigenvalue weighted by Crippen LogP contribution is 2.39. The molecule has 1 aromatic rings. The average molecular weight is 297 g/mol. The van der Waals surface area contributed by atoms with E-state index in [0.717, 1.165) is 15.7 Å². The highest BCUT2D eigenvalue weighted by Gasteiger charge is 2.30. The van der Waals surface area contributed by atoms with Gasteiger partial charge in [0, 0.05) is 21.9 Å². The number of anilines is 2. The maximum absolute atomic E-state index is 5.88. The number of nitrogens with one attached hydrogen (secondary N) is 1. The first kappa shape index (κ1) is 12.7. The molecule has 1 atom stereocenters. The van der Waals surface area contributed by atoms with Crippen molar-refractivity contribution in [3.63, 3.8) is 0 Å². The molecule has 2 rings (SSSR count). The number of hydrogen-bond acceptors (Lipinski definition) is 2. The summed E-state index contributed by atoms with van der Waals surface area (Å²) in [4.78, 5) is 0. The van der Waals surface area contributed by atoms with Gasteiger partial charge in [-0.05, 0) is 65.2 Å². The van der Waals surface area contributed by atoms with E-state index in [1.165, 1.54) is 24.9 Å². The van der Waals surface area contributed by atoms with Crippen molar-refractivity contribution in [2.24, 2.45) is 5.41 Å². The molecule has 1 fully saturated rings. The molecule has 1 unspecified atom stereocenters. The van der Waals surface area contributed by atoms with Crippen LogP contribution in [0.2, 0.25) is 0 Å². The van der Waals surface area contributed by atoms with E-state index in [-0.39, 0.29) is 0 Å². The van der Waals surface area contributed by atoms with Gasteiger partial charge in [0.05, 0.1) is 0 Å². The van der Waals surface area contributed by atoms with Crippen LogP contribution in [0.1, 0.15) is 38.7 Å². The Kier molecular flexibility index (Phi) is 3.39. The van der Waals surface area contributed by atoms with Crippen LogP contribution in [0.25, 0.3) is 0 Å². The fourth-order valence-corrected chi connectivity index (χ4v) is 3.06. The zero-order valence-corrected chi connectivity index (χ0v) is 12.4. The highest BCUT2D eigenvalue weighted by molar-refractivity contribution is 9.10. The van der Waals surface area contributed by atoms with Gasteiger partial charge in [-0.15, -0.1) is 0 Å². The number of hydrogen-bond donors (Lipinski definition) is 2. The fraction of sp³-hybridized carbons (Fsp3) is 0.571. The molecule has 1 aromatic carbocycles. The van der Waals surface area contributed by atoms with Crippen molar-refractivity contribution in [2.45, 2.75) is 46.1 Å². The molecule has 3 N–H and O–H groups in total. The molecule has 17 heavy (non-hydrogen) atoms. The molecular weight excluding hydrogens is 276 g/mol. The monoisotopic (exact) mass is 296 g/mol. The van der Waals surface area contributed by atoms with E-state index >= 15 is 0 Å². The molecule has 0 bridgehead atoms. The number of nitrogens with two attached hydrogens (primary N) is 1. The summed E-state index contributed by atoms with van der Waals surface area (Å²) in [6, 6.07) is 4.70. The molecule has 0 heterocycles. The van der Waals surface area contributed by atoms with Crippen LogP contribution in [0.4, 0.5) is 11.4 Å². The Balaban J connectivity index is 2.12. The minimum atomic E-state index is 0.479. The maximum Gasteiger partial charge on any atom is 0.0490 e. The molecule has 2 nitrogen and oxygen atoms in total. The standard InChI is InChI=1S/C14H21BrN2/c1-9-6-13(11(15)7-12(9)16)17-10-4-5-14(2,3)8-10/h6-7,10,17H,4-5,8,16H2,1-3H3. The van der Waals surface area contributed by atoms with Gasteiger partial charge in [-0.2, -0.15) is 0 Å². The second-order valence-corrected chi connectivity index (χ2v) is 6.79. The third-order valence-electron chi connectivity index (χ3n) is 3.68. The molecule has 0 spiro atoms. The quantitative estimate of drug-likeness (QED) is 0.797. The van der Waals surface area contributed by atoms with Gasteiger partial charge in [0.2, 0.25) is 0 Å². The van der Waals surface area contributed by atoms with Crippen LogP contribution in [0, 0.1) is 12.3 Å². The van der Waals surface area contributed by atoms with Gasteiger partial charge in [-0.25, -0.2) is 0 Å². The van der Waals surface area contributed by atoms with E-state index in [1.54, 1.807) is 0 Å². The summed E-state index contributed by atoms with van der Waals surface area (Å²) in [5.74, 6) is 0. The van der Waals surface area contributed by atoms with E-state index in [1.807, 2.05) is 13.0 Å². The minimum absolute atomic E-state index is 0.479. The second kappa shape index (κ2) is 4.52. The van der Waals surface area contributed by atoms with Crippen LogP contribution in [0.5, 0.6) is 0 Å². The van der Waals surface area contributed by atoms with Crippen molar-refractivity contribution in [3.05, 3.63) is 22.2 Å². The first-order valence-electron chi connectivity index (χ1n) is 6.19. The second-order valence-electron chi connectivity index (χ2n) is 5.94. The summed E-state index contributed by atoms with van der Waals surface area (Å²) in [5.41, 5.74) is 9.50. The van der Waals surface area contributed by atoms with Crippen LogP contribution in [0.3, 0.4) is 0 Å². The fourth-order valence-electron chi connectivity index (χ4n) is 2.59. The summed E-state index contributed by atoms with van der Waals surface area (Å²) in [6.07, 6.45) is 3.79. The summed E-state index contributed by atoms with van der Waals surface area (Å²) in [7, 11) is 0. The Hall–Kier alpha value is -0.700. The number of benzene rings is 1. The summed E-state index contributed by atoms with van der Waals surface area (Å²) >= 11 is 3.57. The molecule has 1 aliphatic carbocycles. The Morgan fingerprint density at radius 2 is 2.12 bits per heavy atom. The van der Waals surface area contributed by atoms with Crippen LogP contribution in [0.15, 0.2) is 16.6 Å². The number of rotatable bonds is 2. The molecule has 94 valence electrons. The number of nitrogen functional groups attached to an aromatic ring is 1. The van der Waals surface area contributed by atoms with E-state index in [2.05, 4.69) is 41.2 Å². The largest absolute Gasteiger partial charge is 0.398 e. The lowest BCUT2D eigenvalue weighted by Crippen LogP contribution is -2.18. The van der Waals surface area contributed by atoms with E-state index in [0.29, 0.717) is 11.5 Å². The lowest BCUT2D eigenvalue weighted by molar-refractivity contribution is 0.378. The predicted octanol–water partition coefficient (Wildman–Crippen LogP) is 4.33. The Morgan fingerprint density at radius 3 is 2.71 bits per heavy atom. The van der Waals surface area contributed by atoms with Crippen molar-refractivity contribution in [1.29, 1.82) is 0 Å². The van der Waals surface area contributed by atoms with Crippen molar-refractivity contribution < 1.29 is 0 Å². The topological polar surface area (TPSA) is 38.0 Å². The number of halogens is 1. The number of aryl methyl sites for hydroxylation is 1. The summed E-state index contributed by atoms with van der Waals surface area (Å²) in [6.45, 7) is 6.74. The van der Waals surface area contributed by atoms with E-state index < -0.39 is 0 Å². The normalized spacial score (nSPS) is 22.7. The van der Waals surface area contributed by atoms with Crippen molar-refractivity contribution in [2.75, 3.05) is 11.1 Å². The van der Waals surface area contributed by atoms with Gasteiger partial charge in [-0.1, -0.05) is 13.8 Å². The van der Waals surface area contributed by atoms with Crippen LogP contribution < -0.4 is 11.1 Å². The average Bonchev–Trinajstić information content (AvgIpc) is 2.54. The first-order chi connectivity index (χ1) is 7.87. The molecule has 1 aliphatic rings. The Bertz CT molecular complexity index is 426. The highest BCUT2D eigenvalue weighted by atomic mass is 79.9. The molecule has 0 amide bonds. The van der Waals surface area contributed by atoms with E-state index in [9.17, 15) is 0 Å². The van der Waals surface area contributed by atoms with Crippen molar-refractivity contribution in [3.8, 4) is 0 Å². The van der Waals surface area contributed by atoms with Gasteiger partial charge >= 0.3 is 0 Å². The molecule has 0 aromatic heterocycles. The third kappa shape index (κ3) is 2.95. The van der Waals surface area contributed by atoms with Gasteiger partial charge in [0.15, 0.2) is 0 Å². The molecular formula is C14H21BrN2. The lowest BCUT2D eigenvalue weighted by atomic mass is 9.92. The Labute approximate surface area is 112 Å². The lowest BCUT2D eigenvalue weighted by Gasteiger charge is -2.20. The zero-order valence-electron chi connectivity index (χ0n) is 10.8. The zero-order chi connectivity index (χ0) is 12.6. The summed E-state index contributed by atoms with van der Waals surface area (Å²) < 4.78 is 1.06. The third-order valence-corrected chi connectivity index (χ3v) is 4.34. The van der Waals surface area contributed by atoms with Gasteiger partial charge in [0.1, 0.15) is 0 Å². The van der Waals surface area contributed by atoms with E-state index in [4.69, 9.17) is 5.73 Å². The minimum Gasteiger partial charge on any atom is -0.398 e. The van der Waals surface area contributed by atoms with Crippen LogP contribution in [-0.4, -0.2) is 6.04 Å². The van der Waals surface area contributed by atoms with Crippen molar-refractivity contribution >= 4 is 27.3 Å². The maximum atomic E-state index is 5.88. The predicted molar refractivity (Wildman–Crippen MR) is 78.3 cm³/mol. The molecule has 1 saturated carbocycles. The smallest absolute Gasteiger partial charge is 0.0490 e. The van der Waals surface area contributed by atoms with Gasteiger partial charge in [-0.3, -0.25) is 0 Å². The van der Waals surface area contributed by atoms with Gasteiger partial charge in [0.25, 0.3) is 0 Å². The summed E-state index contributed by atoms with van der Waals surface area (Å²) in [5, 5.41) is 3.63. The Morgan fingerprint density at radius 1 is 1.41 bits per heavy atom. The molecule has 0 aliphatic heterocycles. The van der Waals surface area contributed by atoms with Crippen LogP contribution >= 0.6 is 15.9 Å². The molecule has 0 radical (unpaired) electrons. The SMILES string of the molecule is Cc1cc(NC2CCC(C)(C)C2)c(Br)cc1N.